The van der Waals surface area contributed by atoms with Gasteiger partial charge >= 0.3 is 0 Å². The minimum absolute atomic E-state index is 0.00683. The highest BCUT2D eigenvalue weighted by molar-refractivity contribution is 5.59. The van der Waals surface area contributed by atoms with Crippen LogP contribution in [0.5, 0.6) is 0 Å². The van der Waals surface area contributed by atoms with E-state index < -0.39 is 0 Å². The molecule has 0 bridgehead atoms. The molecule has 0 radical (unpaired) electrons. The van der Waals surface area contributed by atoms with E-state index in [1.807, 2.05) is 19.1 Å². The highest BCUT2D eigenvalue weighted by Crippen LogP contribution is 2.28. The summed E-state index contributed by atoms with van der Waals surface area (Å²) in [4.78, 5) is 2.11. The van der Waals surface area contributed by atoms with Crippen LogP contribution in [0.3, 0.4) is 0 Å². The standard InChI is InChI=1S/C21H19F2N3O/c1-14-12-26(13-20(27-14)16-4-8-18(23)9-5-16)21-11-10-19(24-25-21)15-2-6-17(22)7-3-15/h2-11,14,20H,12-13H2,1H3. The van der Waals surface area contributed by atoms with E-state index in [0.717, 1.165) is 16.9 Å². The molecule has 1 aliphatic rings. The Balaban J connectivity index is 1.53. The molecule has 27 heavy (non-hydrogen) atoms. The van der Waals surface area contributed by atoms with Crippen LogP contribution in [0.2, 0.25) is 0 Å². The predicted molar refractivity (Wildman–Crippen MR) is 99.3 cm³/mol. The van der Waals surface area contributed by atoms with Crippen molar-refractivity contribution in [3.8, 4) is 11.3 Å². The first-order valence-corrected chi connectivity index (χ1v) is 8.84. The molecule has 2 atom stereocenters. The lowest BCUT2D eigenvalue weighted by Crippen LogP contribution is -2.43. The molecule has 4 nitrogen and oxygen atoms in total. The number of hydrogen-bond donors (Lipinski definition) is 0. The van der Waals surface area contributed by atoms with Crippen molar-refractivity contribution in [1.29, 1.82) is 0 Å². The molecule has 4 rings (SSSR count). The highest BCUT2D eigenvalue weighted by atomic mass is 19.1. The molecule has 2 unspecified atom stereocenters. The van der Waals surface area contributed by atoms with Crippen molar-refractivity contribution in [3.63, 3.8) is 0 Å². The molecular weight excluding hydrogens is 348 g/mol. The van der Waals surface area contributed by atoms with Gasteiger partial charge in [0.1, 0.15) is 17.7 Å². The monoisotopic (exact) mass is 367 g/mol. The third-order valence-electron chi connectivity index (χ3n) is 4.62. The molecule has 0 N–H and O–H groups in total. The third kappa shape index (κ3) is 3.95. The Morgan fingerprint density at radius 2 is 1.52 bits per heavy atom. The van der Waals surface area contributed by atoms with Crippen LogP contribution in [0.15, 0.2) is 60.7 Å². The van der Waals surface area contributed by atoms with Crippen molar-refractivity contribution < 1.29 is 13.5 Å². The molecule has 0 amide bonds. The van der Waals surface area contributed by atoms with Gasteiger partial charge < -0.3 is 9.64 Å². The van der Waals surface area contributed by atoms with E-state index in [1.165, 1.54) is 24.3 Å². The third-order valence-corrected chi connectivity index (χ3v) is 4.62. The number of ether oxygens (including phenoxy) is 1. The maximum Gasteiger partial charge on any atom is 0.151 e. The Hall–Kier alpha value is -2.86. The molecule has 1 aromatic heterocycles. The van der Waals surface area contributed by atoms with Crippen LogP contribution in [0, 0.1) is 11.6 Å². The number of halogens is 2. The van der Waals surface area contributed by atoms with E-state index in [-0.39, 0.29) is 23.8 Å². The summed E-state index contributed by atoms with van der Waals surface area (Å²) in [5.41, 5.74) is 2.44. The number of nitrogens with zero attached hydrogens (tertiary/aromatic N) is 3. The van der Waals surface area contributed by atoms with Gasteiger partial charge in [0.25, 0.3) is 0 Å². The summed E-state index contributed by atoms with van der Waals surface area (Å²) in [7, 11) is 0. The smallest absolute Gasteiger partial charge is 0.151 e. The second kappa shape index (κ2) is 7.40. The lowest BCUT2D eigenvalue weighted by Gasteiger charge is -2.37. The summed E-state index contributed by atoms with van der Waals surface area (Å²) in [5.74, 6) is 0.210. The van der Waals surface area contributed by atoms with Crippen LogP contribution < -0.4 is 4.90 Å². The number of aromatic nitrogens is 2. The number of benzene rings is 2. The SMILES string of the molecule is CC1CN(c2ccc(-c3ccc(F)cc3)nn2)CC(c2ccc(F)cc2)O1. The van der Waals surface area contributed by atoms with Gasteiger partial charge in [0, 0.05) is 18.7 Å². The molecule has 3 aromatic rings. The fraction of sp³-hybridized carbons (Fsp3) is 0.238. The topological polar surface area (TPSA) is 38.2 Å². The first kappa shape index (κ1) is 17.5. The second-order valence-electron chi connectivity index (χ2n) is 6.68. The zero-order valence-corrected chi connectivity index (χ0v) is 14.8. The Labute approximate surface area is 156 Å². The van der Waals surface area contributed by atoms with Gasteiger partial charge in [0.15, 0.2) is 5.82 Å². The van der Waals surface area contributed by atoms with Gasteiger partial charge in [-0.3, -0.25) is 0 Å². The van der Waals surface area contributed by atoms with Crippen LogP contribution in [0.4, 0.5) is 14.6 Å². The van der Waals surface area contributed by atoms with E-state index in [9.17, 15) is 8.78 Å². The Morgan fingerprint density at radius 1 is 0.852 bits per heavy atom. The number of hydrogen-bond acceptors (Lipinski definition) is 4. The zero-order chi connectivity index (χ0) is 18.8. The summed E-state index contributed by atoms with van der Waals surface area (Å²) in [5, 5.41) is 8.63. The molecule has 1 aliphatic heterocycles. The fourth-order valence-electron chi connectivity index (χ4n) is 3.27. The molecule has 0 aliphatic carbocycles. The Morgan fingerprint density at radius 3 is 2.15 bits per heavy atom. The highest BCUT2D eigenvalue weighted by Gasteiger charge is 2.27. The number of rotatable bonds is 3. The molecular formula is C21H19F2N3O. The van der Waals surface area contributed by atoms with Gasteiger partial charge in [0.2, 0.25) is 0 Å². The molecule has 0 saturated carbocycles. The normalized spacial score (nSPS) is 19.9. The van der Waals surface area contributed by atoms with Crippen LogP contribution in [-0.2, 0) is 4.74 Å². The van der Waals surface area contributed by atoms with Crippen molar-refractivity contribution >= 4 is 5.82 Å². The number of anilines is 1. The first-order valence-electron chi connectivity index (χ1n) is 8.84. The van der Waals surface area contributed by atoms with E-state index >= 15 is 0 Å². The largest absolute Gasteiger partial charge is 0.367 e. The lowest BCUT2D eigenvalue weighted by molar-refractivity contribution is -0.0176. The number of morpholine rings is 1. The van der Waals surface area contributed by atoms with E-state index in [2.05, 4.69) is 15.1 Å². The fourth-order valence-corrected chi connectivity index (χ4v) is 3.27. The van der Waals surface area contributed by atoms with Crippen molar-refractivity contribution in [3.05, 3.63) is 77.9 Å². The lowest BCUT2D eigenvalue weighted by atomic mass is 10.1. The van der Waals surface area contributed by atoms with Crippen LogP contribution in [0.25, 0.3) is 11.3 Å². The van der Waals surface area contributed by atoms with Crippen LogP contribution in [0.1, 0.15) is 18.6 Å². The van der Waals surface area contributed by atoms with E-state index in [1.54, 1.807) is 24.3 Å². The summed E-state index contributed by atoms with van der Waals surface area (Å²) in [6.07, 6.45) is -0.152. The molecule has 0 spiro atoms. The zero-order valence-electron chi connectivity index (χ0n) is 14.8. The molecule has 1 fully saturated rings. The van der Waals surface area contributed by atoms with Gasteiger partial charge in [-0.05, 0) is 61.0 Å². The maximum atomic E-state index is 13.2. The summed E-state index contributed by atoms with van der Waals surface area (Å²) < 4.78 is 32.3. The first-order chi connectivity index (χ1) is 13.1. The summed E-state index contributed by atoms with van der Waals surface area (Å²) in [6, 6.07) is 16.3. The van der Waals surface area contributed by atoms with E-state index in [4.69, 9.17) is 4.74 Å². The maximum absolute atomic E-state index is 13.2. The average molecular weight is 367 g/mol. The van der Waals surface area contributed by atoms with Crippen LogP contribution in [-0.4, -0.2) is 29.4 Å². The molecule has 6 heteroatoms. The van der Waals surface area contributed by atoms with Gasteiger partial charge in [-0.15, -0.1) is 10.2 Å². The van der Waals surface area contributed by atoms with Gasteiger partial charge in [-0.1, -0.05) is 12.1 Å². The van der Waals surface area contributed by atoms with Crippen molar-refractivity contribution in [1.82, 2.24) is 10.2 Å². The molecule has 2 aromatic carbocycles. The predicted octanol–water partition coefficient (Wildman–Crippen LogP) is 4.39. The van der Waals surface area contributed by atoms with Crippen molar-refractivity contribution in [2.24, 2.45) is 0 Å². The van der Waals surface area contributed by atoms with Crippen molar-refractivity contribution in [2.75, 3.05) is 18.0 Å². The molecule has 138 valence electrons. The summed E-state index contributed by atoms with van der Waals surface area (Å²) in [6.45, 7) is 3.31. The quantitative estimate of drug-likeness (QED) is 0.688. The molecule has 1 saturated heterocycles. The Bertz CT molecular complexity index is 898. The molecule has 2 heterocycles. The second-order valence-corrected chi connectivity index (χ2v) is 6.68. The van der Waals surface area contributed by atoms with Gasteiger partial charge in [-0.2, -0.15) is 0 Å². The van der Waals surface area contributed by atoms with E-state index in [0.29, 0.717) is 18.8 Å². The minimum Gasteiger partial charge on any atom is -0.367 e. The van der Waals surface area contributed by atoms with Crippen molar-refractivity contribution in [2.45, 2.75) is 19.1 Å². The summed E-state index contributed by atoms with van der Waals surface area (Å²) >= 11 is 0. The minimum atomic E-state index is -0.280. The van der Waals surface area contributed by atoms with Gasteiger partial charge in [-0.25, -0.2) is 8.78 Å². The van der Waals surface area contributed by atoms with Crippen LogP contribution >= 0.6 is 0 Å². The van der Waals surface area contributed by atoms with Gasteiger partial charge in [0.05, 0.1) is 11.8 Å². The average Bonchev–Trinajstić information content (AvgIpc) is 2.69. The Kier molecular flexibility index (Phi) is 4.81.